The Morgan fingerprint density at radius 1 is 1.16 bits per heavy atom. The molecule has 1 unspecified atom stereocenters. The maximum Gasteiger partial charge on any atom is 0.323 e. The Hall–Kier alpha value is -3.09. The molecule has 0 aliphatic rings. The Bertz CT molecular complexity index is 712. The van der Waals surface area contributed by atoms with E-state index < -0.39 is 30.4 Å². The second-order valence-electron chi connectivity index (χ2n) is 5.56. The van der Waals surface area contributed by atoms with Crippen LogP contribution in [0.1, 0.15) is 23.0 Å². The Labute approximate surface area is 145 Å². The van der Waals surface area contributed by atoms with Gasteiger partial charge in [0.25, 0.3) is 5.91 Å². The molecule has 7 heteroatoms. The second-order valence-corrected chi connectivity index (χ2v) is 5.56. The topological polar surface area (TPSA) is 99.9 Å². The lowest BCUT2D eigenvalue weighted by Gasteiger charge is -2.24. The molecule has 0 saturated carbocycles. The standard InChI is InChI=1S/C18H20N2O5/c1-13(19-17(23)15-8-5-11-25-15)18(24)20(12-16(21)22)10-9-14-6-3-2-4-7-14/h2-8,11,13H,9-10,12H2,1H3,(H,19,23)(H,21,22). The Balaban J connectivity index is 1.98. The van der Waals surface area contributed by atoms with Gasteiger partial charge in [0.1, 0.15) is 12.6 Å². The van der Waals surface area contributed by atoms with Crippen molar-refractivity contribution in [3.8, 4) is 0 Å². The second kappa shape index (κ2) is 8.68. The number of carboxylic acid groups (broad SMARTS) is 1. The highest BCUT2D eigenvalue weighted by molar-refractivity contribution is 5.95. The molecule has 2 rings (SSSR count). The number of carbonyl (C=O) groups excluding carboxylic acids is 2. The molecule has 1 aromatic carbocycles. The van der Waals surface area contributed by atoms with Gasteiger partial charge in [-0.1, -0.05) is 30.3 Å². The summed E-state index contributed by atoms with van der Waals surface area (Å²) in [6.07, 6.45) is 1.89. The predicted molar refractivity (Wildman–Crippen MR) is 90.0 cm³/mol. The van der Waals surface area contributed by atoms with E-state index in [9.17, 15) is 14.4 Å². The van der Waals surface area contributed by atoms with E-state index >= 15 is 0 Å². The highest BCUT2D eigenvalue weighted by atomic mass is 16.4. The van der Waals surface area contributed by atoms with Crippen molar-refractivity contribution in [3.05, 3.63) is 60.1 Å². The molecule has 7 nitrogen and oxygen atoms in total. The van der Waals surface area contributed by atoms with Gasteiger partial charge in [0.05, 0.1) is 6.26 Å². The average molecular weight is 344 g/mol. The lowest BCUT2D eigenvalue weighted by molar-refractivity contribution is -0.145. The Morgan fingerprint density at radius 3 is 2.48 bits per heavy atom. The van der Waals surface area contributed by atoms with Crippen molar-refractivity contribution in [2.24, 2.45) is 0 Å². The van der Waals surface area contributed by atoms with Crippen LogP contribution < -0.4 is 5.32 Å². The average Bonchev–Trinajstić information content (AvgIpc) is 3.13. The van der Waals surface area contributed by atoms with E-state index in [2.05, 4.69) is 5.32 Å². The SMILES string of the molecule is CC(NC(=O)c1ccco1)C(=O)N(CCc1ccccc1)CC(=O)O. The molecule has 132 valence electrons. The number of nitrogens with zero attached hydrogens (tertiary/aromatic N) is 1. The molecule has 2 aromatic rings. The van der Waals surface area contributed by atoms with Gasteiger partial charge in [0, 0.05) is 6.54 Å². The van der Waals surface area contributed by atoms with Crippen molar-refractivity contribution in [1.82, 2.24) is 10.2 Å². The lowest BCUT2D eigenvalue weighted by Crippen LogP contribution is -2.49. The first-order valence-corrected chi connectivity index (χ1v) is 7.86. The van der Waals surface area contributed by atoms with Gasteiger partial charge in [-0.3, -0.25) is 14.4 Å². The predicted octanol–water partition coefficient (Wildman–Crippen LogP) is 1.55. The summed E-state index contributed by atoms with van der Waals surface area (Å²) in [4.78, 5) is 36.8. The molecule has 0 saturated heterocycles. The molecule has 0 bridgehead atoms. The minimum atomic E-state index is -1.11. The summed E-state index contributed by atoms with van der Waals surface area (Å²) in [5.74, 6) is -2.00. The highest BCUT2D eigenvalue weighted by Crippen LogP contribution is 2.05. The first-order valence-electron chi connectivity index (χ1n) is 7.86. The van der Waals surface area contributed by atoms with Gasteiger partial charge in [0.15, 0.2) is 5.76 Å². The summed E-state index contributed by atoms with van der Waals surface area (Å²) in [7, 11) is 0. The van der Waals surface area contributed by atoms with E-state index in [0.29, 0.717) is 6.42 Å². The van der Waals surface area contributed by atoms with Gasteiger partial charge in [-0.25, -0.2) is 0 Å². The van der Waals surface area contributed by atoms with Crippen LogP contribution in [0.5, 0.6) is 0 Å². The third-order valence-corrected chi connectivity index (χ3v) is 3.61. The molecule has 25 heavy (non-hydrogen) atoms. The Kier molecular flexibility index (Phi) is 6.33. The fourth-order valence-corrected chi connectivity index (χ4v) is 2.35. The van der Waals surface area contributed by atoms with E-state index in [1.807, 2.05) is 30.3 Å². The number of carbonyl (C=O) groups is 3. The van der Waals surface area contributed by atoms with Crippen molar-refractivity contribution in [2.45, 2.75) is 19.4 Å². The van der Waals surface area contributed by atoms with E-state index in [0.717, 1.165) is 5.56 Å². The minimum absolute atomic E-state index is 0.0914. The normalized spacial score (nSPS) is 11.6. The van der Waals surface area contributed by atoms with Crippen LogP contribution in [0.3, 0.4) is 0 Å². The van der Waals surface area contributed by atoms with E-state index in [4.69, 9.17) is 9.52 Å². The number of hydrogen-bond acceptors (Lipinski definition) is 4. The molecular formula is C18H20N2O5. The first kappa shape index (κ1) is 18.3. The quantitative estimate of drug-likeness (QED) is 0.757. The fourth-order valence-electron chi connectivity index (χ4n) is 2.35. The smallest absolute Gasteiger partial charge is 0.323 e. The summed E-state index contributed by atoms with van der Waals surface area (Å²) in [6, 6.07) is 11.6. The summed E-state index contributed by atoms with van der Waals surface area (Å²) in [5, 5.41) is 11.6. The largest absolute Gasteiger partial charge is 0.480 e. The number of benzene rings is 1. The van der Waals surface area contributed by atoms with Crippen LogP contribution in [0, 0.1) is 0 Å². The van der Waals surface area contributed by atoms with Gasteiger partial charge in [-0.05, 0) is 31.0 Å². The van der Waals surface area contributed by atoms with Crippen molar-refractivity contribution >= 4 is 17.8 Å². The molecule has 0 fully saturated rings. The number of aliphatic carboxylic acids is 1. The maximum atomic E-state index is 12.5. The number of hydrogen-bond donors (Lipinski definition) is 2. The Morgan fingerprint density at radius 2 is 1.88 bits per heavy atom. The summed E-state index contributed by atoms with van der Waals surface area (Å²) in [6.45, 7) is 1.34. The fraction of sp³-hybridized carbons (Fsp3) is 0.278. The molecule has 0 aliphatic heterocycles. The van der Waals surface area contributed by atoms with Crippen LogP contribution in [0.15, 0.2) is 53.1 Å². The number of carboxylic acids is 1. The molecule has 0 aliphatic carbocycles. The van der Waals surface area contributed by atoms with Crippen LogP contribution in [0.25, 0.3) is 0 Å². The van der Waals surface area contributed by atoms with Gasteiger partial charge in [0.2, 0.25) is 5.91 Å². The zero-order valence-corrected chi connectivity index (χ0v) is 13.8. The van der Waals surface area contributed by atoms with E-state index in [1.54, 1.807) is 6.07 Å². The first-order chi connectivity index (χ1) is 12.0. The van der Waals surface area contributed by atoms with Crippen LogP contribution in [-0.2, 0) is 16.0 Å². The molecule has 1 heterocycles. The third-order valence-electron chi connectivity index (χ3n) is 3.61. The van der Waals surface area contributed by atoms with Crippen molar-refractivity contribution in [3.63, 3.8) is 0 Å². The molecule has 2 N–H and O–H groups in total. The number of rotatable bonds is 8. The molecule has 1 atom stereocenters. The number of furan rings is 1. The van der Waals surface area contributed by atoms with Gasteiger partial charge >= 0.3 is 5.97 Å². The van der Waals surface area contributed by atoms with Crippen molar-refractivity contribution < 1.29 is 23.9 Å². The molecule has 0 radical (unpaired) electrons. The summed E-state index contributed by atoms with van der Waals surface area (Å²) >= 11 is 0. The van der Waals surface area contributed by atoms with Crippen LogP contribution in [0.4, 0.5) is 0 Å². The van der Waals surface area contributed by atoms with Crippen LogP contribution in [-0.4, -0.2) is 46.9 Å². The minimum Gasteiger partial charge on any atom is -0.480 e. The third kappa shape index (κ3) is 5.49. The molecule has 1 aromatic heterocycles. The molecular weight excluding hydrogens is 324 g/mol. The molecule has 0 spiro atoms. The monoisotopic (exact) mass is 344 g/mol. The summed E-state index contributed by atoms with van der Waals surface area (Å²) in [5.41, 5.74) is 0.998. The highest BCUT2D eigenvalue weighted by Gasteiger charge is 2.24. The van der Waals surface area contributed by atoms with Gasteiger partial charge in [-0.15, -0.1) is 0 Å². The summed E-state index contributed by atoms with van der Waals surface area (Å²) < 4.78 is 4.98. The van der Waals surface area contributed by atoms with Crippen LogP contribution in [0.2, 0.25) is 0 Å². The van der Waals surface area contributed by atoms with Crippen molar-refractivity contribution in [2.75, 3.05) is 13.1 Å². The van der Waals surface area contributed by atoms with Crippen LogP contribution >= 0.6 is 0 Å². The zero-order valence-electron chi connectivity index (χ0n) is 13.8. The number of amides is 2. The zero-order chi connectivity index (χ0) is 18.2. The van der Waals surface area contributed by atoms with E-state index in [-0.39, 0.29) is 12.3 Å². The van der Waals surface area contributed by atoms with Crippen molar-refractivity contribution in [1.29, 1.82) is 0 Å². The van der Waals surface area contributed by atoms with Gasteiger partial charge in [-0.2, -0.15) is 0 Å². The van der Waals surface area contributed by atoms with E-state index in [1.165, 1.54) is 24.2 Å². The lowest BCUT2D eigenvalue weighted by atomic mass is 10.1. The maximum absolute atomic E-state index is 12.5. The van der Waals surface area contributed by atoms with Gasteiger partial charge < -0.3 is 19.7 Å². The number of nitrogens with one attached hydrogen (secondary N) is 1. The molecule has 2 amide bonds.